The van der Waals surface area contributed by atoms with Crippen LogP contribution in [0.5, 0.6) is 11.5 Å². The highest BCUT2D eigenvalue weighted by atomic mass is 35.5. The summed E-state index contributed by atoms with van der Waals surface area (Å²) >= 11 is 6.33. The lowest BCUT2D eigenvalue weighted by Gasteiger charge is -2.30. The highest BCUT2D eigenvalue weighted by Gasteiger charge is 2.14. The van der Waals surface area contributed by atoms with Crippen molar-refractivity contribution in [2.75, 3.05) is 33.9 Å². The van der Waals surface area contributed by atoms with Crippen molar-refractivity contribution in [2.24, 2.45) is 4.99 Å². The molecule has 0 bridgehead atoms. The third-order valence-corrected chi connectivity index (χ3v) is 4.53. The van der Waals surface area contributed by atoms with Gasteiger partial charge in [-0.15, -0.1) is 0 Å². The molecule has 154 valence electrons. The average Bonchev–Trinajstić information content (AvgIpc) is 2.62. The summed E-state index contributed by atoms with van der Waals surface area (Å²) in [5.41, 5.74) is 0.995. The van der Waals surface area contributed by atoms with Gasteiger partial charge in [0.2, 0.25) is 0 Å². The fourth-order valence-electron chi connectivity index (χ4n) is 2.98. The Morgan fingerprint density at radius 3 is 2.37 bits per heavy atom. The fraction of sp³-hybridized carbons (Fsp3) is 0.650. The number of hydrogen-bond donors (Lipinski definition) is 2. The van der Waals surface area contributed by atoms with Crippen LogP contribution in [0.4, 0.5) is 0 Å². The standard InChI is InChI=1S/C20H35ClN4O2/c1-8-27-19-17(21)11-16(12-18(19)26-7)13-24-20(22-6)23-9-10-25(14(2)3)15(4)5/h11-12,14-15H,8-10,13H2,1-7H3,(H2,22,23,24). The summed E-state index contributed by atoms with van der Waals surface area (Å²) in [4.78, 5) is 6.73. The van der Waals surface area contributed by atoms with Crippen molar-refractivity contribution < 1.29 is 9.47 Å². The molecule has 2 N–H and O–H groups in total. The van der Waals surface area contributed by atoms with E-state index in [-0.39, 0.29) is 0 Å². The average molecular weight is 399 g/mol. The lowest BCUT2D eigenvalue weighted by atomic mass is 10.2. The van der Waals surface area contributed by atoms with Crippen LogP contribution in [0.25, 0.3) is 0 Å². The zero-order valence-corrected chi connectivity index (χ0v) is 18.5. The van der Waals surface area contributed by atoms with Gasteiger partial charge in [0.05, 0.1) is 18.7 Å². The molecule has 6 nitrogen and oxygen atoms in total. The van der Waals surface area contributed by atoms with Gasteiger partial charge in [-0.1, -0.05) is 11.6 Å². The normalized spacial score (nSPS) is 12.0. The predicted molar refractivity (Wildman–Crippen MR) is 114 cm³/mol. The maximum Gasteiger partial charge on any atom is 0.191 e. The Morgan fingerprint density at radius 1 is 1.19 bits per heavy atom. The molecule has 0 unspecified atom stereocenters. The number of methoxy groups -OCH3 is 1. The summed E-state index contributed by atoms with van der Waals surface area (Å²) in [6, 6.07) is 4.84. The molecule has 0 spiro atoms. The second-order valence-corrected chi connectivity index (χ2v) is 7.23. The SMILES string of the molecule is CCOc1c(Cl)cc(CNC(=NC)NCCN(C(C)C)C(C)C)cc1OC. The van der Waals surface area contributed by atoms with Crippen molar-refractivity contribution in [1.29, 1.82) is 0 Å². The Balaban J connectivity index is 2.63. The van der Waals surface area contributed by atoms with Crippen LogP contribution >= 0.6 is 11.6 Å². The van der Waals surface area contributed by atoms with E-state index in [1.165, 1.54) is 0 Å². The smallest absolute Gasteiger partial charge is 0.191 e. The van der Waals surface area contributed by atoms with E-state index < -0.39 is 0 Å². The van der Waals surface area contributed by atoms with Gasteiger partial charge in [0.15, 0.2) is 17.5 Å². The Kier molecular flexibility index (Phi) is 10.3. The van der Waals surface area contributed by atoms with Crippen LogP contribution in [0.2, 0.25) is 5.02 Å². The zero-order chi connectivity index (χ0) is 20.4. The minimum Gasteiger partial charge on any atom is -0.493 e. The Bertz CT molecular complexity index is 598. The number of ether oxygens (including phenoxy) is 2. The van der Waals surface area contributed by atoms with Crippen LogP contribution in [0, 0.1) is 0 Å². The molecule has 1 rings (SSSR count). The Morgan fingerprint density at radius 2 is 1.85 bits per heavy atom. The van der Waals surface area contributed by atoms with Crippen molar-refractivity contribution in [3.05, 3.63) is 22.7 Å². The predicted octanol–water partition coefficient (Wildman–Crippen LogP) is 3.53. The molecule has 0 atom stereocenters. The van der Waals surface area contributed by atoms with Gasteiger partial charge in [0, 0.05) is 38.8 Å². The van der Waals surface area contributed by atoms with Crippen LogP contribution < -0.4 is 20.1 Å². The van der Waals surface area contributed by atoms with Crippen LogP contribution in [0.15, 0.2) is 17.1 Å². The topological polar surface area (TPSA) is 58.1 Å². The number of guanidine groups is 1. The lowest BCUT2D eigenvalue weighted by Crippen LogP contribution is -2.45. The zero-order valence-electron chi connectivity index (χ0n) is 17.7. The molecule has 1 aromatic rings. The van der Waals surface area contributed by atoms with Gasteiger partial charge in [-0.25, -0.2) is 0 Å². The van der Waals surface area contributed by atoms with Gasteiger partial charge >= 0.3 is 0 Å². The minimum atomic E-state index is 0.514. The second kappa shape index (κ2) is 11.9. The molecule has 0 aromatic heterocycles. The van der Waals surface area contributed by atoms with Gasteiger partial charge < -0.3 is 20.1 Å². The van der Waals surface area contributed by atoms with E-state index in [4.69, 9.17) is 21.1 Å². The molecular formula is C20H35ClN4O2. The minimum absolute atomic E-state index is 0.514. The Labute approximate surface area is 169 Å². The van der Waals surface area contributed by atoms with Gasteiger partial charge in [-0.3, -0.25) is 9.89 Å². The Hall–Kier alpha value is -1.66. The van der Waals surface area contributed by atoms with E-state index >= 15 is 0 Å². The number of nitrogens with zero attached hydrogens (tertiary/aromatic N) is 2. The molecule has 27 heavy (non-hydrogen) atoms. The number of benzene rings is 1. The summed E-state index contributed by atoms with van der Waals surface area (Å²) in [6.07, 6.45) is 0. The van der Waals surface area contributed by atoms with E-state index in [0.717, 1.165) is 24.6 Å². The molecular weight excluding hydrogens is 364 g/mol. The third-order valence-electron chi connectivity index (χ3n) is 4.25. The molecule has 0 amide bonds. The van der Waals surface area contributed by atoms with Gasteiger partial charge in [0.1, 0.15) is 0 Å². The highest BCUT2D eigenvalue weighted by molar-refractivity contribution is 6.32. The summed E-state index contributed by atoms with van der Waals surface area (Å²) in [5.74, 6) is 1.97. The molecule has 0 aliphatic carbocycles. The van der Waals surface area contributed by atoms with Gasteiger partial charge in [-0.05, 0) is 52.3 Å². The van der Waals surface area contributed by atoms with Crippen molar-refractivity contribution in [2.45, 2.75) is 53.2 Å². The molecule has 7 heteroatoms. The molecule has 0 saturated heterocycles. The highest BCUT2D eigenvalue weighted by Crippen LogP contribution is 2.36. The van der Waals surface area contributed by atoms with Crippen LogP contribution in [0.3, 0.4) is 0 Å². The van der Waals surface area contributed by atoms with E-state index in [1.807, 2.05) is 19.1 Å². The lowest BCUT2D eigenvalue weighted by molar-refractivity contribution is 0.178. The number of hydrogen-bond acceptors (Lipinski definition) is 4. The van der Waals surface area contributed by atoms with E-state index in [0.29, 0.717) is 41.8 Å². The van der Waals surface area contributed by atoms with Gasteiger partial charge in [0.25, 0.3) is 0 Å². The number of nitrogens with one attached hydrogen (secondary N) is 2. The van der Waals surface area contributed by atoms with Crippen molar-refractivity contribution in [3.8, 4) is 11.5 Å². The van der Waals surface area contributed by atoms with Crippen molar-refractivity contribution in [3.63, 3.8) is 0 Å². The summed E-state index contributed by atoms with van der Waals surface area (Å²) in [6.45, 7) is 13.7. The maximum atomic E-state index is 6.33. The monoisotopic (exact) mass is 398 g/mol. The number of aliphatic imine (C=N–C) groups is 1. The van der Waals surface area contributed by atoms with Gasteiger partial charge in [-0.2, -0.15) is 0 Å². The van der Waals surface area contributed by atoms with Crippen molar-refractivity contribution >= 4 is 17.6 Å². The molecule has 0 radical (unpaired) electrons. The number of halogens is 1. The summed E-state index contributed by atoms with van der Waals surface area (Å²) < 4.78 is 11.0. The maximum absolute atomic E-state index is 6.33. The largest absolute Gasteiger partial charge is 0.493 e. The first-order valence-corrected chi connectivity index (χ1v) is 9.91. The molecule has 0 saturated carbocycles. The van der Waals surface area contributed by atoms with Crippen LogP contribution in [0.1, 0.15) is 40.2 Å². The summed E-state index contributed by atoms with van der Waals surface area (Å²) in [5, 5.41) is 7.22. The second-order valence-electron chi connectivity index (χ2n) is 6.82. The third kappa shape index (κ3) is 7.46. The van der Waals surface area contributed by atoms with E-state index in [9.17, 15) is 0 Å². The molecule has 0 fully saturated rings. The first-order chi connectivity index (χ1) is 12.8. The first kappa shape index (κ1) is 23.4. The van der Waals surface area contributed by atoms with Crippen molar-refractivity contribution in [1.82, 2.24) is 15.5 Å². The first-order valence-electron chi connectivity index (χ1n) is 9.53. The quantitative estimate of drug-likeness (QED) is 0.466. The summed E-state index contributed by atoms with van der Waals surface area (Å²) in [7, 11) is 3.38. The van der Waals surface area contributed by atoms with Crippen LogP contribution in [-0.4, -0.2) is 56.8 Å². The molecule has 0 aliphatic rings. The van der Waals surface area contributed by atoms with E-state index in [2.05, 4.69) is 48.2 Å². The van der Waals surface area contributed by atoms with E-state index in [1.54, 1.807) is 14.2 Å². The molecule has 0 aliphatic heterocycles. The molecule has 0 heterocycles. The molecule has 1 aromatic carbocycles. The van der Waals surface area contributed by atoms with Crippen LogP contribution in [-0.2, 0) is 6.54 Å². The fourth-order valence-corrected chi connectivity index (χ4v) is 3.27. The number of rotatable bonds is 10.